The fraction of sp³-hybridized carbons (Fsp3) is 0.0345. The molecule has 1 aliphatic carbocycles. The Balaban J connectivity index is 1.07. The number of benzene rings is 9. The first-order valence-corrected chi connectivity index (χ1v) is 21.3. The van der Waals surface area contributed by atoms with Gasteiger partial charge in [0.2, 0.25) is 0 Å². The van der Waals surface area contributed by atoms with Gasteiger partial charge in [-0.1, -0.05) is 194 Å². The van der Waals surface area contributed by atoms with E-state index in [1.165, 1.54) is 49.7 Å². The van der Waals surface area contributed by atoms with E-state index < -0.39 is 11.6 Å². The molecule has 1 N–H and O–H groups in total. The SMILES string of the molecule is c1ccc(C2=NC(c3cccc(-n4c5ccccc5c5cc(-c6ccccc6)ccc54)c3)N=C(C3(c4cccc(-c5ccccc5)c4)c4ccccc4-c4ccccc43)N2)cc1. The van der Waals surface area contributed by atoms with Crippen molar-refractivity contribution >= 4 is 33.5 Å². The van der Waals surface area contributed by atoms with Gasteiger partial charge in [-0.15, -0.1) is 0 Å². The number of aliphatic imine (C=N–C) groups is 2. The third kappa shape index (κ3) is 5.68. The van der Waals surface area contributed by atoms with Crippen LogP contribution in [-0.4, -0.2) is 16.2 Å². The van der Waals surface area contributed by atoms with Crippen molar-refractivity contribution in [3.8, 4) is 39.1 Å². The Morgan fingerprint density at radius 2 is 0.968 bits per heavy atom. The summed E-state index contributed by atoms with van der Waals surface area (Å²) >= 11 is 0. The molecular weight excluding hydrogens is 753 g/mol. The summed E-state index contributed by atoms with van der Waals surface area (Å²) in [4.78, 5) is 11.2. The van der Waals surface area contributed by atoms with E-state index in [1.807, 2.05) is 0 Å². The van der Waals surface area contributed by atoms with Gasteiger partial charge in [0.15, 0.2) is 6.17 Å². The minimum Gasteiger partial charge on any atom is -0.327 e. The minimum atomic E-state index is -0.771. The summed E-state index contributed by atoms with van der Waals surface area (Å²) in [6.07, 6.45) is -0.534. The molecule has 0 fully saturated rings. The summed E-state index contributed by atoms with van der Waals surface area (Å²) in [6.45, 7) is 0. The van der Waals surface area contributed by atoms with Crippen molar-refractivity contribution in [1.29, 1.82) is 0 Å². The minimum absolute atomic E-state index is 0.534. The van der Waals surface area contributed by atoms with Crippen LogP contribution >= 0.6 is 0 Å². The van der Waals surface area contributed by atoms with Gasteiger partial charge in [-0.3, -0.25) is 0 Å². The number of rotatable bonds is 7. The molecule has 0 spiro atoms. The second-order valence-corrected chi connectivity index (χ2v) is 16.2. The van der Waals surface area contributed by atoms with Crippen molar-refractivity contribution in [3.05, 3.63) is 258 Å². The van der Waals surface area contributed by atoms with Crippen molar-refractivity contribution in [1.82, 2.24) is 9.88 Å². The maximum Gasteiger partial charge on any atom is 0.169 e. The van der Waals surface area contributed by atoms with Crippen LogP contribution in [0.1, 0.15) is 34.0 Å². The Labute approximate surface area is 360 Å². The smallest absolute Gasteiger partial charge is 0.169 e. The molecule has 4 heteroatoms. The first-order chi connectivity index (χ1) is 30.7. The summed E-state index contributed by atoms with van der Waals surface area (Å²) in [5.41, 5.74) is 15.3. The summed E-state index contributed by atoms with van der Waals surface area (Å²) in [6, 6.07) is 82.8. The number of aromatic nitrogens is 1. The molecule has 1 unspecified atom stereocenters. The Morgan fingerprint density at radius 3 is 1.68 bits per heavy atom. The molecule has 9 aromatic carbocycles. The standard InChI is InChI=1S/C58H40N4/c1-4-18-39(19-5-1)42-24-16-26-45(36-42)58(51-31-13-10-28-47(51)48-29-11-14-32-52(48)58)57-60-55(41-22-8-3-9-23-41)59-56(61-57)44-25-17-27-46(37-44)62-53-33-15-12-30-49(53)50-38-43(34-35-54(50)62)40-20-6-2-7-21-40/h1-38,56H,(H,59,60,61). The molecule has 4 nitrogen and oxygen atoms in total. The molecule has 292 valence electrons. The van der Waals surface area contributed by atoms with Gasteiger partial charge in [0.1, 0.15) is 17.1 Å². The lowest BCUT2D eigenvalue weighted by Crippen LogP contribution is -2.49. The van der Waals surface area contributed by atoms with E-state index in [0.29, 0.717) is 0 Å². The molecule has 1 aromatic heterocycles. The molecule has 10 aromatic rings. The number of hydrogen-bond donors (Lipinski definition) is 1. The normalized spacial score (nSPS) is 15.1. The summed E-state index contributed by atoms with van der Waals surface area (Å²) in [5, 5.41) is 6.33. The molecule has 0 bridgehead atoms. The highest BCUT2D eigenvalue weighted by Crippen LogP contribution is 2.54. The van der Waals surface area contributed by atoms with Crippen molar-refractivity contribution in [2.24, 2.45) is 9.98 Å². The summed E-state index contributed by atoms with van der Waals surface area (Å²) in [5.74, 6) is 1.63. The first-order valence-electron chi connectivity index (χ1n) is 21.3. The van der Waals surface area contributed by atoms with E-state index in [4.69, 9.17) is 9.98 Å². The Morgan fingerprint density at radius 1 is 0.403 bits per heavy atom. The summed E-state index contributed by atoms with van der Waals surface area (Å²) < 4.78 is 2.39. The number of amidine groups is 2. The molecular formula is C58H40N4. The molecule has 1 aliphatic heterocycles. The van der Waals surface area contributed by atoms with Crippen LogP contribution in [0.3, 0.4) is 0 Å². The Kier molecular flexibility index (Phi) is 8.42. The first kappa shape index (κ1) is 35.8. The quantitative estimate of drug-likeness (QED) is 0.172. The van der Waals surface area contributed by atoms with Crippen molar-refractivity contribution in [3.63, 3.8) is 0 Å². The van der Waals surface area contributed by atoms with Crippen LogP contribution in [0, 0.1) is 0 Å². The van der Waals surface area contributed by atoms with E-state index in [1.54, 1.807) is 0 Å². The highest BCUT2D eigenvalue weighted by Gasteiger charge is 2.50. The maximum atomic E-state index is 5.76. The van der Waals surface area contributed by atoms with E-state index >= 15 is 0 Å². The molecule has 12 rings (SSSR count). The van der Waals surface area contributed by atoms with Crippen LogP contribution in [0.4, 0.5) is 0 Å². The Bertz CT molecular complexity index is 3330. The van der Waals surface area contributed by atoms with Crippen LogP contribution in [0.25, 0.3) is 60.9 Å². The zero-order valence-corrected chi connectivity index (χ0v) is 33.9. The van der Waals surface area contributed by atoms with Gasteiger partial charge < -0.3 is 9.88 Å². The average Bonchev–Trinajstić information content (AvgIpc) is 3.85. The van der Waals surface area contributed by atoms with Crippen LogP contribution < -0.4 is 5.32 Å². The highest BCUT2D eigenvalue weighted by molar-refractivity contribution is 6.18. The van der Waals surface area contributed by atoms with Gasteiger partial charge in [-0.05, 0) is 86.5 Å². The summed E-state index contributed by atoms with van der Waals surface area (Å²) in [7, 11) is 0. The van der Waals surface area contributed by atoms with Gasteiger partial charge in [-0.25, -0.2) is 9.98 Å². The van der Waals surface area contributed by atoms with E-state index in [2.05, 4.69) is 240 Å². The molecule has 0 radical (unpaired) electrons. The molecule has 2 aliphatic rings. The number of hydrogen-bond acceptors (Lipinski definition) is 3. The lowest BCUT2D eigenvalue weighted by molar-refractivity contribution is 0.714. The van der Waals surface area contributed by atoms with Crippen molar-refractivity contribution in [2.45, 2.75) is 11.6 Å². The maximum absolute atomic E-state index is 5.76. The largest absolute Gasteiger partial charge is 0.327 e. The lowest BCUT2D eigenvalue weighted by atomic mass is 9.70. The predicted molar refractivity (Wildman–Crippen MR) is 256 cm³/mol. The third-order valence-corrected chi connectivity index (χ3v) is 12.7. The second-order valence-electron chi connectivity index (χ2n) is 16.2. The van der Waals surface area contributed by atoms with Gasteiger partial charge in [0.05, 0.1) is 11.0 Å². The zero-order valence-electron chi connectivity index (χ0n) is 33.9. The van der Waals surface area contributed by atoms with Gasteiger partial charge in [-0.2, -0.15) is 0 Å². The van der Waals surface area contributed by atoms with Gasteiger partial charge in [0, 0.05) is 27.6 Å². The molecule has 1 atom stereocenters. The monoisotopic (exact) mass is 792 g/mol. The van der Waals surface area contributed by atoms with E-state index in [-0.39, 0.29) is 0 Å². The van der Waals surface area contributed by atoms with Crippen molar-refractivity contribution in [2.75, 3.05) is 0 Å². The topological polar surface area (TPSA) is 41.7 Å². The third-order valence-electron chi connectivity index (χ3n) is 12.7. The fourth-order valence-electron chi connectivity index (χ4n) is 9.92. The number of para-hydroxylation sites is 1. The molecule has 0 saturated heterocycles. The number of nitrogens with zero attached hydrogens (tertiary/aromatic N) is 3. The van der Waals surface area contributed by atoms with Crippen LogP contribution in [0.15, 0.2) is 241 Å². The van der Waals surface area contributed by atoms with Gasteiger partial charge >= 0.3 is 0 Å². The lowest BCUT2D eigenvalue weighted by Gasteiger charge is -2.37. The van der Waals surface area contributed by atoms with Crippen LogP contribution in [-0.2, 0) is 5.41 Å². The molecule has 0 amide bonds. The second kappa shape index (κ2) is 14.6. The molecule has 62 heavy (non-hydrogen) atoms. The van der Waals surface area contributed by atoms with Crippen LogP contribution in [0.5, 0.6) is 0 Å². The van der Waals surface area contributed by atoms with E-state index in [0.717, 1.165) is 50.6 Å². The van der Waals surface area contributed by atoms with Crippen molar-refractivity contribution < 1.29 is 0 Å². The molecule has 0 saturated carbocycles. The van der Waals surface area contributed by atoms with E-state index in [9.17, 15) is 0 Å². The zero-order chi connectivity index (χ0) is 41.0. The average molecular weight is 793 g/mol. The van der Waals surface area contributed by atoms with Crippen LogP contribution in [0.2, 0.25) is 0 Å². The van der Waals surface area contributed by atoms with Gasteiger partial charge in [0.25, 0.3) is 0 Å². The number of nitrogens with one attached hydrogen (secondary N) is 1. The molecule has 2 heterocycles. The fourth-order valence-corrected chi connectivity index (χ4v) is 9.92. The highest BCUT2D eigenvalue weighted by atomic mass is 15.2. The predicted octanol–water partition coefficient (Wildman–Crippen LogP) is 13.6. The Hall–Kier alpha value is -8.08. The number of fused-ring (bicyclic) bond motifs is 6.